The van der Waals surface area contributed by atoms with Gasteiger partial charge in [0.2, 0.25) is 5.88 Å². The van der Waals surface area contributed by atoms with Gasteiger partial charge in [-0.1, -0.05) is 17.3 Å². The highest BCUT2D eigenvalue weighted by Crippen LogP contribution is 2.28. The SMILES string of the molecule is C/C=C/COc1cc(C)c(OCCCOc2ccc(/C=N/OC)cn2)c(C)c1. The quantitative estimate of drug-likeness (QED) is 0.247. The molecule has 0 aliphatic rings. The Labute approximate surface area is 166 Å². The van der Waals surface area contributed by atoms with Gasteiger partial charge < -0.3 is 19.0 Å². The van der Waals surface area contributed by atoms with Crippen LogP contribution in [-0.4, -0.2) is 38.1 Å². The summed E-state index contributed by atoms with van der Waals surface area (Å²) in [5.74, 6) is 2.33. The van der Waals surface area contributed by atoms with Crippen molar-refractivity contribution < 1.29 is 19.0 Å². The first-order chi connectivity index (χ1) is 13.6. The highest BCUT2D eigenvalue weighted by molar-refractivity contribution is 5.78. The normalized spacial score (nSPS) is 11.1. The van der Waals surface area contributed by atoms with Crippen LogP contribution in [0.4, 0.5) is 0 Å². The number of nitrogens with zero attached hydrogens (tertiary/aromatic N) is 2. The number of rotatable bonds is 11. The van der Waals surface area contributed by atoms with E-state index in [1.807, 2.05) is 51.1 Å². The van der Waals surface area contributed by atoms with E-state index in [-0.39, 0.29) is 0 Å². The maximum atomic E-state index is 5.95. The lowest BCUT2D eigenvalue weighted by atomic mass is 10.1. The fourth-order valence-corrected chi connectivity index (χ4v) is 2.54. The van der Waals surface area contributed by atoms with E-state index in [1.165, 1.54) is 7.11 Å². The lowest BCUT2D eigenvalue weighted by Gasteiger charge is -2.14. The molecule has 0 spiro atoms. The highest BCUT2D eigenvalue weighted by atomic mass is 16.6. The van der Waals surface area contributed by atoms with Gasteiger partial charge in [-0.3, -0.25) is 0 Å². The molecule has 0 radical (unpaired) electrons. The first kappa shape index (κ1) is 21.3. The van der Waals surface area contributed by atoms with Crippen molar-refractivity contribution in [2.45, 2.75) is 27.2 Å². The number of aryl methyl sites for hydroxylation is 2. The molecular formula is C22H28N2O4. The van der Waals surface area contributed by atoms with Crippen molar-refractivity contribution in [2.24, 2.45) is 5.16 Å². The second-order valence-electron chi connectivity index (χ2n) is 6.16. The molecule has 0 bridgehead atoms. The van der Waals surface area contributed by atoms with Crippen LogP contribution < -0.4 is 14.2 Å². The molecule has 2 aromatic rings. The molecule has 0 unspecified atom stereocenters. The van der Waals surface area contributed by atoms with Gasteiger partial charge in [0, 0.05) is 24.2 Å². The maximum Gasteiger partial charge on any atom is 0.213 e. The predicted octanol–water partition coefficient (Wildman–Crippen LogP) is 4.48. The van der Waals surface area contributed by atoms with Gasteiger partial charge in [0.1, 0.15) is 25.2 Å². The molecule has 0 aliphatic heterocycles. The zero-order chi connectivity index (χ0) is 20.2. The third kappa shape index (κ3) is 6.95. The van der Waals surface area contributed by atoms with Crippen molar-refractivity contribution in [3.05, 3.63) is 59.3 Å². The van der Waals surface area contributed by atoms with Crippen LogP contribution >= 0.6 is 0 Å². The van der Waals surface area contributed by atoms with Crippen LogP contribution in [0.5, 0.6) is 17.4 Å². The van der Waals surface area contributed by atoms with Crippen LogP contribution in [-0.2, 0) is 4.84 Å². The highest BCUT2D eigenvalue weighted by Gasteiger charge is 2.07. The fraction of sp³-hybridized carbons (Fsp3) is 0.364. The molecule has 1 aromatic carbocycles. The third-order valence-electron chi connectivity index (χ3n) is 3.87. The Bertz CT molecular complexity index is 763. The number of benzene rings is 1. The summed E-state index contributed by atoms with van der Waals surface area (Å²) in [6.45, 7) is 7.70. The van der Waals surface area contributed by atoms with E-state index in [2.05, 4.69) is 15.0 Å². The maximum absolute atomic E-state index is 5.95. The Morgan fingerprint density at radius 1 is 1.04 bits per heavy atom. The molecule has 0 fully saturated rings. The Hall–Kier alpha value is -3.02. The van der Waals surface area contributed by atoms with E-state index in [1.54, 1.807) is 18.5 Å². The van der Waals surface area contributed by atoms with Crippen molar-refractivity contribution in [1.29, 1.82) is 0 Å². The average Bonchev–Trinajstić information content (AvgIpc) is 2.69. The van der Waals surface area contributed by atoms with Crippen LogP contribution in [0.15, 0.2) is 47.8 Å². The molecule has 6 heteroatoms. The van der Waals surface area contributed by atoms with Crippen molar-refractivity contribution in [3.63, 3.8) is 0 Å². The van der Waals surface area contributed by atoms with Gasteiger partial charge in [0.25, 0.3) is 0 Å². The molecule has 28 heavy (non-hydrogen) atoms. The van der Waals surface area contributed by atoms with E-state index in [0.717, 1.165) is 34.6 Å². The zero-order valence-electron chi connectivity index (χ0n) is 17.0. The van der Waals surface area contributed by atoms with E-state index in [4.69, 9.17) is 14.2 Å². The summed E-state index contributed by atoms with van der Waals surface area (Å²) >= 11 is 0. The molecule has 0 amide bonds. The first-order valence-corrected chi connectivity index (χ1v) is 9.27. The van der Waals surface area contributed by atoms with Crippen LogP contribution in [0.25, 0.3) is 0 Å². The Morgan fingerprint density at radius 2 is 1.79 bits per heavy atom. The summed E-state index contributed by atoms with van der Waals surface area (Å²) < 4.78 is 17.3. The molecule has 2 rings (SSSR count). The first-order valence-electron chi connectivity index (χ1n) is 9.27. The van der Waals surface area contributed by atoms with E-state index < -0.39 is 0 Å². The smallest absolute Gasteiger partial charge is 0.213 e. The Balaban J connectivity index is 1.76. The molecule has 1 aromatic heterocycles. The Kier molecular flexibility index (Phi) is 8.85. The molecular weight excluding hydrogens is 356 g/mol. The molecule has 0 saturated heterocycles. The van der Waals surface area contributed by atoms with Crippen molar-refractivity contribution in [1.82, 2.24) is 4.98 Å². The standard InChI is InChI=1S/C22H28N2O4/c1-5-6-10-26-20-13-17(2)22(18(3)14-20)28-12-7-11-27-21-9-8-19(15-23-21)16-24-25-4/h5-6,8-9,13-16H,7,10-12H2,1-4H3/b6-5+,24-16+. The molecule has 0 atom stereocenters. The summed E-state index contributed by atoms with van der Waals surface area (Å²) in [4.78, 5) is 8.86. The van der Waals surface area contributed by atoms with Gasteiger partial charge in [-0.15, -0.1) is 0 Å². The molecule has 0 N–H and O–H groups in total. The second-order valence-corrected chi connectivity index (χ2v) is 6.16. The van der Waals surface area contributed by atoms with E-state index in [0.29, 0.717) is 25.7 Å². The molecule has 1 heterocycles. The van der Waals surface area contributed by atoms with E-state index >= 15 is 0 Å². The number of ether oxygens (including phenoxy) is 3. The predicted molar refractivity (Wildman–Crippen MR) is 111 cm³/mol. The van der Waals surface area contributed by atoms with Gasteiger partial charge in [0.05, 0.1) is 19.4 Å². The second kappa shape index (κ2) is 11.6. The van der Waals surface area contributed by atoms with Crippen LogP contribution in [0.3, 0.4) is 0 Å². The summed E-state index contributed by atoms with van der Waals surface area (Å²) in [6, 6.07) is 7.67. The zero-order valence-corrected chi connectivity index (χ0v) is 17.0. The lowest BCUT2D eigenvalue weighted by molar-refractivity contribution is 0.215. The largest absolute Gasteiger partial charge is 0.493 e. The molecule has 0 saturated carbocycles. The van der Waals surface area contributed by atoms with Gasteiger partial charge in [-0.25, -0.2) is 4.98 Å². The average molecular weight is 384 g/mol. The Morgan fingerprint density at radius 3 is 2.43 bits per heavy atom. The van der Waals surface area contributed by atoms with Gasteiger partial charge >= 0.3 is 0 Å². The topological polar surface area (TPSA) is 62.2 Å². The number of hydrogen-bond acceptors (Lipinski definition) is 6. The van der Waals surface area contributed by atoms with E-state index in [9.17, 15) is 0 Å². The number of oxime groups is 1. The summed E-state index contributed by atoms with van der Waals surface area (Å²) in [5.41, 5.74) is 2.97. The molecule has 150 valence electrons. The number of hydrogen-bond donors (Lipinski definition) is 0. The summed E-state index contributed by atoms with van der Waals surface area (Å²) in [7, 11) is 1.50. The number of aromatic nitrogens is 1. The van der Waals surface area contributed by atoms with Gasteiger partial charge in [-0.05, 0) is 50.1 Å². The summed E-state index contributed by atoms with van der Waals surface area (Å²) in [5, 5.41) is 3.69. The lowest BCUT2D eigenvalue weighted by Crippen LogP contribution is -2.07. The van der Waals surface area contributed by atoms with Crippen molar-refractivity contribution in [2.75, 3.05) is 26.9 Å². The van der Waals surface area contributed by atoms with Crippen LogP contribution in [0.2, 0.25) is 0 Å². The van der Waals surface area contributed by atoms with Gasteiger partial charge in [0.15, 0.2) is 0 Å². The minimum atomic E-state index is 0.529. The minimum Gasteiger partial charge on any atom is -0.493 e. The molecule has 0 aliphatic carbocycles. The third-order valence-corrected chi connectivity index (χ3v) is 3.87. The van der Waals surface area contributed by atoms with Crippen molar-refractivity contribution in [3.8, 4) is 17.4 Å². The molecule has 6 nitrogen and oxygen atoms in total. The minimum absolute atomic E-state index is 0.529. The number of pyridine rings is 1. The number of allylic oxidation sites excluding steroid dienone is 1. The monoisotopic (exact) mass is 384 g/mol. The van der Waals surface area contributed by atoms with Crippen LogP contribution in [0, 0.1) is 13.8 Å². The van der Waals surface area contributed by atoms with Crippen LogP contribution in [0.1, 0.15) is 30.0 Å². The van der Waals surface area contributed by atoms with Gasteiger partial charge in [-0.2, -0.15) is 0 Å². The summed E-state index contributed by atoms with van der Waals surface area (Å²) in [6.07, 6.45) is 7.98. The fourth-order valence-electron chi connectivity index (χ4n) is 2.54. The van der Waals surface area contributed by atoms with Crippen molar-refractivity contribution >= 4 is 6.21 Å².